The second-order valence-electron chi connectivity index (χ2n) is 20.3. The fourth-order valence-electron chi connectivity index (χ4n) is 10.5. The van der Waals surface area contributed by atoms with E-state index in [0.717, 1.165) is 84.8 Å². The smallest absolute Gasteiger partial charge is 0.432 e. The molecule has 0 bridgehead atoms. The summed E-state index contributed by atoms with van der Waals surface area (Å²) in [6, 6.07) is 82.0. The van der Waals surface area contributed by atoms with Crippen LogP contribution >= 0.6 is 0 Å². The van der Waals surface area contributed by atoms with E-state index in [4.69, 9.17) is 28.2 Å². The molecule has 444 valence electrons. The van der Waals surface area contributed by atoms with Crippen LogP contribution in [0.3, 0.4) is 0 Å². The molecule has 16 rings (SSSR count). The Morgan fingerprint density at radius 3 is 1.48 bits per heavy atom. The Labute approximate surface area is 572 Å². The predicted molar refractivity (Wildman–Crippen MR) is 339 cm³/mol. The van der Waals surface area contributed by atoms with E-state index in [0.29, 0.717) is 45.5 Å². The minimum atomic E-state index is -2.41. The zero-order valence-corrected chi connectivity index (χ0v) is 54.9. The van der Waals surface area contributed by atoms with Crippen LogP contribution in [0.25, 0.3) is 113 Å². The first-order valence-electron chi connectivity index (χ1n) is 30.8. The van der Waals surface area contributed by atoms with E-state index in [1.54, 1.807) is 25.6 Å². The number of pyridine rings is 4. The second kappa shape index (κ2) is 27.0. The fourth-order valence-corrected chi connectivity index (χ4v) is 10.5. The van der Waals surface area contributed by atoms with Gasteiger partial charge in [0.25, 0.3) is 0 Å². The minimum Gasteiger partial charge on any atom is -0.432 e. The number of hydrogen-bond donors (Lipinski definition) is 0. The molecule has 10 heterocycles. The van der Waals surface area contributed by atoms with E-state index in [2.05, 4.69) is 85.6 Å². The summed E-state index contributed by atoms with van der Waals surface area (Å²) in [6.07, 6.45) is 8.57. The molecule has 10 aromatic heterocycles. The number of hydrogen-bond acceptors (Lipinski definition) is 8. The third-order valence-electron chi connectivity index (χ3n) is 14.5. The number of aryl methyl sites for hydroxylation is 5. The van der Waals surface area contributed by atoms with Crippen LogP contribution in [0, 0.1) is 71.0 Å². The summed E-state index contributed by atoms with van der Waals surface area (Å²) in [5.41, 5.74) is 16.0. The fraction of sp³-hybridized carbons (Fsp3) is 0.0685. The molecule has 90 heavy (non-hydrogen) atoms. The van der Waals surface area contributed by atoms with Crippen LogP contribution in [-0.2, 0) is 63.2 Å². The van der Waals surface area contributed by atoms with Gasteiger partial charge in [-0.2, -0.15) is 5.10 Å². The van der Waals surface area contributed by atoms with Crippen molar-refractivity contribution in [1.82, 2.24) is 67.0 Å². The number of fused-ring (bicyclic) bond motifs is 5. The molecule has 0 aliphatic carbocycles. The molecular weight excluding hydrogens is 1660 g/mol. The van der Waals surface area contributed by atoms with Gasteiger partial charge in [0.05, 0.1) is 28.6 Å². The van der Waals surface area contributed by atoms with Crippen LogP contribution in [0.15, 0.2) is 225 Å². The molecule has 0 saturated carbocycles. The van der Waals surface area contributed by atoms with Gasteiger partial charge in [0.15, 0.2) is 0 Å². The quantitative estimate of drug-likeness (QED) is 0.131. The van der Waals surface area contributed by atoms with Crippen LogP contribution in [0.1, 0.15) is 36.8 Å². The van der Waals surface area contributed by atoms with Gasteiger partial charge >= 0.3 is 63.2 Å². The Morgan fingerprint density at radius 1 is 0.400 bits per heavy atom. The van der Waals surface area contributed by atoms with E-state index in [1.165, 1.54) is 4.68 Å². The van der Waals surface area contributed by atoms with Gasteiger partial charge in [-0.25, -0.2) is 14.6 Å². The summed E-state index contributed by atoms with van der Waals surface area (Å²) in [4.78, 5) is 32.7. The van der Waals surface area contributed by atoms with E-state index in [9.17, 15) is 0 Å². The maximum atomic E-state index is 8.01. The molecule has 0 radical (unpaired) electrons. The van der Waals surface area contributed by atoms with E-state index in [-0.39, 0.29) is 74.7 Å². The molecule has 17 heteroatoms. The molecule has 14 nitrogen and oxygen atoms in total. The van der Waals surface area contributed by atoms with Crippen LogP contribution in [0.2, 0.25) is 0 Å². The van der Waals surface area contributed by atoms with Crippen LogP contribution in [-0.4, -0.2) is 67.0 Å². The molecule has 0 unspecified atom stereocenters. The normalized spacial score (nSPS) is 12.2. The summed E-state index contributed by atoms with van der Waals surface area (Å²) >= 11 is 0. The van der Waals surface area contributed by atoms with Crippen LogP contribution < -0.4 is 0 Å². The largest absolute Gasteiger partial charge is 2.00 e. The van der Waals surface area contributed by atoms with Crippen molar-refractivity contribution in [3.63, 3.8) is 0 Å². The van der Waals surface area contributed by atoms with Gasteiger partial charge in [0.1, 0.15) is 11.6 Å². The minimum absolute atomic E-state index is 0. The standard InChI is InChI=1S/C26H17N5.C24H18N4.C23H17N5.3Pt/c1-18-29-31(26-28-24-13-5-6-16-25(24)30(18)26)21-12-7-11-20(17-21)23-15-8-14-22(27-23)19-9-3-2-4-10-19;1-17-15-25-24-27(16-18(2)28(17)24)21-11-6-10-20(14-21)23-13-7-12-22(26-23)19-8-4-3-5-9-19;1-16-14-24-23-27(15-17(2)28(16)23)22-13-7-12-21(26-22)20-11-6-10-19(25-20)18-8-4-3-5-9-18;;;/h2-9,11-16H,1H3;3-8,10-13,15-16H,1-2H3;3-8,10-14H,1-2H3;;;/q3*-2;3*+2/i1D3;;2D3;;;. The summed E-state index contributed by atoms with van der Waals surface area (Å²) in [6.45, 7) is 1.23. The van der Waals surface area contributed by atoms with Crippen molar-refractivity contribution in [2.75, 3.05) is 0 Å². The van der Waals surface area contributed by atoms with Crippen molar-refractivity contribution in [1.29, 1.82) is 0 Å². The topological polar surface area (TPSA) is 131 Å². The average molecular weight is 1720 g/mol. The molecule has 0 spiro atoms. The van der Waals surface area contributed by atoms with Gasteiger partial charge in [-0.3, -0.25) is 23.8 Å². The maximum absolute atomic E-state index is 8.01. The number of imidazole rings is 5. The third-order valence-corrected chi connectivity index (χ3v) is 14.5. The zero-order valence-electron chi connectivity index (χ0n) is 54.1. The van der Waals surface area contributed by atoms with Crippen molar-refractivity contribution in [2.45, 2.75) is 34.5 Å². The van der Waals surface area contributed by atoms with Crippen molar-refractivity contribution < 1.29 is 71.4 Å². The first-order valence-corrected chi connectivity index (χ1v) is 27.8. The molecular formula is C73H52N14Pt3. The SMILES string of the molecule is Cc1cnc2n(-c3[c-]c(-c4cccc(-c5[c-]cccc5)n4)ccc3)cc(C)n12.[2H]C([2H])([2H])c1[c-]n(-c2cccc(-c3cccc(-c4[c-]cccc4)n3)n2)c2ncc(C)n12.[2H]C([2H])([2H])c1nn(-c2[c-]c(-c3cccc(-c4[c-]cccc4)n3)ccc2)c2nc3ccccc3n12.[Pt+2].[Pt+2].[Pt+2]. The van der Waals surface area contributed by atoms with Crippen molar-refractivity contribution in [3.05, 3.63) is 290 Å². The number of rotatable bonds is 9. The third kappa shape index (κ3) is 12.3. The van der Waals surface area contributed by atoms with Gasteiger partial charge in [-0.05, 0) is 104 Å². The molecule has 0 aliphatic rings. The second-order valence-corrected chi connectivity index (χ2v) is 20.3. The van der Waals surface area contributed by atoms with Gasteiger partial charge in [-0.15, -0.1) is 167 Å². The monoisotopic (exact) mass is 1720 g/mol. The van der Waals surface area contributed by atoms with Crippen molar-refractivity contribution >= 4 is 28.4 Å². The molecule has 16 aromatic rings. The van der Waals surface area contributed by atoms with Gasteiger partial charge < -0.3 is 23.5 Å². The molecule has 0 saturated heterocycles. The Bertz CT molecular complexity index is 5390. The first kappa shape index (κ1) is 54.6. The zero-order chi connectivity index (χ0) is 64.0. The van der Waals surface area contributed by atoms with Gasteiger partial charge in [0.2, 0.25) is 11.6 Å². The molecule has 6 aromatic carbocycles. The van der Waals surface area contributed by atoms with Gasteiger partial charge in [-0.1, -0.05) is 79.0 Å². The Kier molecular flexibility index (Phi) is 16.4. The van der Waals surface area contributed by atoms with E-state index < -0.39 is 13.7 Å². The Hall–Kier alpha value is -9.58. The molecule has 0 amide bonds. The van der Waals surface area contributed by atoms with Crippen molar-refractivity contribution in [2.24, 2.45) is 0 Å². The summed E-state index contributed by atoms with van der Waals surface area (Å²) in [7, 11) is 0. The average Bonchev–Trinajstić information content (AvgIpc) is 1.59. The number of nitrogens with zero attached hydrogens (tertiary/aromatic N) is 14. The first-order chi connectivity index (χ1) is 45.1. The van der Waals surface area contributed by atoms with Gasteiger partial charge in [0, 0.05) is 43.5 Å². The number of para-hydroxylation sites is 2. The number of benzene rings is 6. The number of aromatic nitrogens is 14. The van der Waals surface area contributed by atoms with Crippen LogP contribution in [0.4, 0.5) is 0 Å². The Balaban J connectivity index is 0.000000145. The van der Waals surface area contributed by atoms with E-state index >= 15 is 0 Å². The Morgan fingerprint density at radius 2 is 0.889 bits per heavy atom. The summed E-state index contributed by atoms with van der Waals surface area (Å²) < 4.78 is 58.1. The molecule has 0 atom stereocenters. The van der Waals surface area contributed by atoms with Crippen LogP contribution in [0.5, 0.6) is 0 Å². The van der Waals surface area contributed by atoms with E-state index in [1.807, 2.05) is 213 Å². The summed E-state index contributed by atoms with van der Waals surface area (Å²) in [5, 5.41) is 4.44. The molecule has 0 N–H and O–H groups in total. The maximum Gasteiger partial charge on any atom is 2.00 e. The predicted octanol–water partition coefficient (Wildman–Crippen LogP) is 14.8. The molecule has 0 aliphatic heterocycles. The van der Waals surface area contributed by atoms with Crippen molar-refractivity contribution in [3.8, 4) is 84.9 Å². The molecule has 0 fully saturated rings. The summed E-state index contributed by atoms with van der Waals surface area (Å²) in [5.74, 6) is 2.23.